The number of likely N-dealkylation sites (tertiary alicyclic amines) is 1. The molecule has 3 atom stereocenters. The Morgan fingerprint density at radius 3 is 2.14 bits per heavy atom. The number of nitrogens with zero attached hydrogens (tertiary/aromatic N) is 2. The third kappa shape index (κ3) is 9.14. The molecule has 2 aliphatic heterocycles. The lowest BCUT2D eigenvalue weighted by Crippen LogP contribution is -2.80. The fourth-order valence-electron chi connectivity index (χ4n) is 9.55. The van der Waals surface area contributed by atoms with Crippen molar-refractivity contribution in [2.45, 2.75) is 90.9 Å². The number of fused-ring (bicyclic) bond motifs is 1. The van der Waals surface area contributed by atoms with E-state index in [4.69, 9.17) is 32.8 Å². The Balaban J connectivity index is 1.62. The summed E-state index contributed by atoms with van der Waals surface area (Å²) in [5.41, 5.74) is 3.31. The Morgan fingerprint density at radius 1 is 0.821 bits per heavy atom. The summed E-state index contributed by atoms with van der Waals surface area (Å²) in [5.74, 6) is 0.396. The molecule has 2 heterocycles. The number of rotatable bonds is 19. The minimum atomic E-state index is -0.975. The van der Waals surface area contributed by atoms with Crippen LogP contribution in [0, 0.1) is 17.8 Å². The summed E-state index contributed by atoms with van der Waals surface area (Å²) in [6.45, 7) is 18.6. The predicted octanol–water partition coefficient (Wildman–Crippen LogP) is 7.95. The average molecular weight is 788 g/mol. The zero-order chi connectivity index (χ0) is 40.3. The Kier molecular flexibility index (Phi) is 15.8. The summed E-state index contributed by atoms with van der Waals surface area (Å²) < 4.78 is 42.6. The van der Waals surface area contributed by atoms with Gasteiger partial charge >= 0.3 is 6.09 Å². The van der Waals surface area contributed by atoms with Gasteiger partial charge in [-0.2, -0.15) is 0 Å². The van der Waals surface area contributed by atoms with Gasteiger partial charge < -0.3 is 37.7 Å². The highest BCUT2D eigenvalue weighted by atomic mass is 28.2. The van der Waals surface area contributed by atoms with Crippen molar-refractivity contribution < 1.29 is 37.6 Å². The molecule has 10 nitrogen and oxygen atoms in total. The molecule has 11 heteroatoms. The molecule has 305 valence electrons. The molecule has 0 saturated carbocycles. The van der Waals surface area contributed by atoms with Crippen LogP contribution < -0.4 is 9.64 Å². The minimum absolute atomic E-state index is 0.0472. The van der Waals surface area contributed by atoms with Gasteiger partial charge in [-0.3, -0.25) is 4.90 Å². The van der Waals surface area contributed by atoms with Crippen molar-refractivity contribution in [1.82, 2.24) is 4.90 Å². The SMILES string of the molecule is COCCCN1CCOc2ccc(CO[C@]3(C(C)C)[C@H](c4ccc(COCCOC)cc4)[C@H](O[Si])CN(C(=O)OCc4ccccc4)C3(C(C)C)C(C)C)cc21. The standard InChI is InChI=1S/C45H63N2O8Si/c1-32(2)44(33(3)4)45(34(5)6,54-31-37-17-20-40-39(27-37)46(22-24-52-40)21-12-23-49-7)42(38-18-15-36(16-19-38)29-51-26-25-50-8)41(55-56)28-47(44)43(48)53-30-35-13-10-9-11-14-35/h9-11,13-20,27,32-34,41-42H,12,21-26,28-31H2,1-8H3/t41-,42-,45-/m1/s1. The average Bonchev–Trinajstić information content (AvgIpc) is 3.20. The maximum Gasteiger partial charge on any atom is 0.410 e. The first kappa shape index (κ1) is 43.7. The summed E-state index contributed by atoms with van der Waals surface area (Å²) >= 11 is 0. The monoisotopic (exact) mass is 787 g/mol. The van der Waals surface area contributed by atoms with E-state index in [1.807, 2.05) is 35.2 Å². The molecule has 3 aromatic rings. The highest BCUT2D eigenvalue weighted by Gasteiger charge is 2.70. The third-order valence-electron chi connectivity index (χ3n) is 11.7. The van der Waals surface area contributed by atoms with Crippen LogP contribution in [0.2, 0.25) is 0 Å². The Labute approximate surface area is 338 Å². The number of piperidine rings is 1. The molecule has 0 spiro atoms. The molecule has 0 aliphatic carbocycles. The summed E-state index contributed by atoms with van der Waals surface area (Å²) in [4.78, 5) is 19.0. The van der Waals surface area contributed by atoms with Gasteiger partial charge in [0.15, 0.2) is 0 Å². The maximum atomic E-state index is 14.7. The second-order valence-electron chi connectivity index (χ2n) is 15.9. The number of amides is 1. The molecule has 0 N–H and O–H groups in total. The number of carbonyl (C=O) groups excluding carboxylic acids is 1. The largest absolute Gasteiger partial charge is 0.490 e. The number of hydrogen-bond donors (Lipinski definition) is 0. The third-order valence-corrected chi connectivity index (χ3v) is 12.0. The van der Waals surface area contributed by atoms with Gasteiger partial charge in [-0.15, -0.1) is 0 Å². The van der Waals surface area contributed by atoms with Gasteiger partial charge in [-0.05, 0) is 58.6 Å². The van der Waals surface area contributed by atoms with Crippen molar-refractivity contribution in [3.8, 4) is 5.75 Å². The van der Waals surface area contributed by atoms with Gasteiger partial charge in [0.05, 0.1) is 56.8 Å². The maximum absolute atomic E-state index is 14.7. The van der Waals surface area contributed by atoms with Crippen LogP contribution >= 0.6 is 0 Å². The fourth-order valence-corrected chi connectivity index (χ4v) is 9.76. The van der Waals surface area contributed by atoms with Crippen LogP contribution in [-0.2, 0) is 47.9 Å². The van der Waals surface area contributed by atoms with Gasteiger partial charge in [-0.1, -0.05) is 102 Å². The number of ether oxygens (including phenoxy) is 6. The first-order valence-corrected chi connectivity index (χ1v) is 20.6. The molecular weight excluding hydrogens is 725 g/mol. The number of methoxy groups -OCH3 is 2. The van der Waals surface area contributed by atoms with Crippen molar-refractivity contribution in [3.63, 3.8) is 0 Å². The molecule has 5 rings (SSSR count). The highest BCUT2D eigenvalue weighted by molar-refractivity contribution is 5.98. The highest BCUT2D eigenvalue weighted by Crippen LogP contribution is 2.59. The van der Waals surface area contributed by atoms with E-state index in [0.717, 1.165) is 53.2 Å². The molecule has 0 bridgehead atoms. The van der Waals surface area contributed by atoms with Gasteiger partial charge in [0, 0.05) is 33.3 Å². The quantitative estimate of drug-likeness (QED) is 0.0888. The predicted molar refractivity (Wildman–Crippen MR) is 220 cm³/mol. The van der Waals surface area contributed by atoms with Crippen molar-refractivity contribution in [2.24, 2.45) is 17.8 Å². The fraction of sp³-hybridized carbons (Fsp3) is 0.578. The molecule has 1 fully saturated rings. The summed E-state index contributed by atoms with van der Waals surface area (Å²) in [6, 6.07) is 24.7. The number of hydrogen-bond acceptors (Lipinski definition) is 9. The molecule has 0 unspecified atom stereocenters. The normalized spacial score (nSPS) is 20.7. The minimum Gasteiger partial charge on any atom is -0.490 e. The second kappa shape index (κ2) is 20.3. The van der Waals surface area contributed by atoms with Crippen LogP contribution in [-0.4, -0.2) is 99.0 Å². The van der Waals surface area contributed by atoms with Crippen LogP contribution in [0.15, 0.2) is 72.8 Å². The number of carbonyl (C=O) groups is 1. The smallest absolute Gasteiger partial charge is 0.410 e. The second-order valence-corrected chi connectivity index (χ2v) is 16.2. The van der Waals surface area contributed by atoms with Crippen molar-refractivity contribution in [3.05, 3.63) is 95.1 Å². The van der Waals surface area contributed by atoms with Crippen LogP contribution in [0.3, 0.4) is 0 Å². The van der Waals surface area contributed by atoms with E-state index in [9.17, 15) is 4.79 Å². The lowest BCUT2D eigenvalue weighted by atomic mass is 9.52. The molecule has 0 aromatic heterocycles. The topological polar surface area (TPSA) is 88.2 Å². The van der Waals surface area contributed by atoms with E-state index >= 15 is 0 Å². The van der Waals surface area contributed by atoms with Crippen LogP contribution in [0.4, 0.5) is 10.5 Å². The van der Waals surface area contributed by atoms with Gasteiger partial charge in [0.25, 0.3) is 0 Å². The van der Waals surface area contributed by atoms with Crippen molar-refractivity contribution in [2.75, 3.05) is 65.2 Å². The first-order chi connectivity index (χ1) is 27.0. The molecule has 56 heavy (non-hydrogen) atoms. The van der Waals surface area contributed by atoms with Gasteiger partial charge in [0.2, 0.25) is 10.5 Å². The van der Waals surface area contributed by atoms with E-state index < -0.39 is 23.3 Å². The van der Waals surface area contributed by atoms with Gasteiger partial charge in [-0.25, -0.2) is 4.79 Å². The number of anilines is 1. The molecule has 1 amide bonds. The molecule has 1 saturated heterocycles. The Bertz CT molecular complexity index is 1650. The van der Waals surface area contributed by atoms with Crippen molar-refractivity contribution >= 4 is 22.3 Å². The summed E-state index contributed by atoms with van der Waals surface area (Å²) in [5, 5.41) is 0. The number of benzene rings is 3. The Hall–Kier alpha value is -3.45. The Morgan fingerprint density at radius 2 is 1.50 bits per heavy atom. The zero-order valence-electron chi connectivity index (χ0n) is 34.8. The first-order valence-electron chi connectivity index (χ1n) is 20.1. The van der Waals surface area contributed by atoms with E-state index in [0.29, 0.717) is 46.2 Å². The van der Waals surface area contributed by atoms with Crippen LogP contribution in [0.5, 0.6) is 5.75 Å². The van der Waals surface area contributed by atoms with E-state index in [1.165, 1.54) is 0 Å². The van der Waals surface area contributed by atoms with Crippen LogP contribution in [0.1, 0.15) is 76.1 Å². The van der Waals surface area contributed by atoms with Gasteiger partial charge in [0.1, 0.15) is 24.6 Å². The van der Waals surface area contributed by atoms with E-state index in [1.54, 1.807) is 14.2 Å². The lowest BCUT2D eigenvalue weighted by molar-refractivity contribution is -0.257. The molecule has 3 radical (unpaired) electrons. The summed E-state index contributed by atoms with van der Waals surface area (Å²) in [7, 11) is 6.93. The zero-order valence-corrected chi connectivity index (χ0v) is 35.8. The summed E-state index contributed by atoms with van der Waals surface area (Å²) in [6.07, 6.45) is 0.0431. The lowest BCUT2D eigenvalue weighted by Gasteiger charge is -2.68. The molecule has 2 aliphatic rings. The molecule has 3 aromatic carbocycles. The van der Waals surface area contributed by atoms with Crippen LogP contribution in [0.25, 0.3) is 0 Å². The molecular formula is C45H63N2O8Si. The van der Waals surface area contributed by atoms with E-state index in [2.05, 4.69) is 99.4 Å². The van der Waals surface area contributed by atoms with E-state index in [-0.39, 0.29) is 30.3 Å². The van der Waals surface area contributed by atoms with Crippen molar-refractivity contribution in [1.29, 1.82) is 0 Å².